The first-order valence-electron chi connectivity index (χ1n) is 7.57. The minimum atomic E-state index is 0.540. The Morgan fingerprint density at radius 1 is 1.09 bits per heavy atom. The van der Waals surface area contributed by atoms with Crippen LogP contribution in [0.5, 0.6) is 11.5 Å². The maximum atomic E-state index is 5.81. The average molecular weight is 311 g/mol. The molecule has 0 bridgehead atoms. The number of fused-ring (bicyclic) bond motifs is 1. The molecule has 1 heterocycles. The first-order chi connectivity index (χ1) is 11.2. The van der Waals surface area contributed by atoms with E-state index in [2.05, 4.69) is 29.7 Å². The Morgan fingerprint density at radius 3 is 2.48 bits per heavy atom. The predicted octanol–water partition coefficient (Wildman–Crippen LogP) is 2.99. The lowest BCUT2D eigenvalue weighted by Gasteiger charge is -2.10. The second-order valence-corrected chi connectivity index (χ2v) is 5.44. The van der Waals surface area contributed by atoms with Gasteiger partial charge in [0.15, 0.2) is 11.5 Å². The van der Waals surface area contributed by atoms with Crippen molar-refractivity contribution in [1.82, 2.24) is 9.55 Å². The van der Waals surface area contributed by atoms with E-state index in [-0.39, 0.29) is 0 Å². The molecule has 5 heteroatoms. The number of aryl methyl sites for hydroxylation is 1. The lowest BCUT2D eigenvalue weighted by molar-refractivity contribution is 0.355. The Bertz CT molecular complexity index is 840. The monoisotopic (exact) mass is 311 g/mol. The molecule has 0 aliphatic heterocycles. The van der Waals surface area contributed by atoms with Crippen molar-refractivity contribution in [2.24, 2.45) is 5.73 Å². The third-order valence-corrected chi connectivity index (χ3v) is 3.88. The Labute approximate surface area is 135 Å². The molecule has 0 atom stereocenters. The van der Waals surface area contributed by atoms with Crippen LogP contribution in [0.4, 0.5) is 0 Å². The van der Waals surface area contributed by atoms with Gasteiger partial charge in [0, 0.05) is 30.8 Å². The third-order valence-electron chi connectivity index (χ3n) is 3.88. The van der Waals surface area contributed by atoms with Crippen LogP contribution in [0.3, 0.4) is 0 Å². The van der Waals surface area contributed by atoms with Crippen molar-refractivity contribution in [1.29, 1.82) is 0 Å². The van der Waals surface area contributed by atoms with Gasteiger partial charge >= 0.3 is 0 Å². The zero-order valence-corrected chi connectivity index (χ0v) is 13.7. The zero-order valence-electron chi connectivity index (χ0n) is 13.7. The fraction of sp³-hybridized carbons (Fsp3) is 0.278. The molecule has 2 aromatic carbocycles. The molecule has 3 aromatic rings. The number of hydrogen-bond acceptors (Lipinski definition) is 4. The highest BCUT2D eigenvalue weighted by Gasteiger charge is 2.16. The Morgan fingerprint density at radius 2 is 1.83 bits per heavy atom. The molecule has 2 N–H and O–H groups in total. The van der Waals surface area contributed by atoms with Crippen molar-refractivity contribution in [3.63, 3.8) is 0 Å². The zero-order chi connectivity index (χ0) is 16.4. The van der Waals surface area contributed by atoms with Crippen LogP contribution in [0, 0.1) is 6.92 Å². The van der Waals surface area contributed by atoms with Crippen molar-refractivity contribution in [3.8, 4) is 22.9 Å². The summed E-state index contributed by atoms with van der Waals surface area (Å²) in [6, 6.07) is 12.2. The number of imidazole rings is 1. The maximum Gasteiger partial charge on any atom is 0.163 e. The summed E-state index contributed by atoms with van der Waals surface area (Å²) < 4.78 is 12.9. The van der Waals surface area contributed by atoms with Crippen LogP contribution in [0.2, 0.25) is 0 Å². The molecule has 1 aromatic heterocycles. The molecule has 0 fully saturated rings. The van der Waals surface area contributed by atoms with Crippen molar-refractivity contribution in [2.45, 2.75) is 13.5 Å². The average Bonchev–Trinajstić information content (AvgIpc) is 2.91. The molecule has 120 valence electrons. The van der Waals surface area contributed by atoms with E-state index in [1.807, 2.05) is 18.2 Å². The number of methoxy groups -OCH3 is 2. The van der Waals surface area contributed by atoms with E-state index >= 15 is 0 Å². The smallest absolute Gasteiger partial charge is 0.163 e. The molecule has 5 nitrogen and oxygen atoms in total. The number of ether oxygens (including phenoxy) is 2. The number of nitrogens with zero attached hydrogens (tertiary/aromatic N) is 2. The quantitative estimate of drug-likeness (QED) is 0.787. The van der Waals surface area contributed by atoms with Crippen molar-refractivity contribution >= 4 is 11.0 Å². The molecule has 0 amide bonds. The van der Waals surface area contributed by atoms with Gasteiger partial charge < -0.3 is 19.8 Å². The Hall–Kier alpha value is -2.53. The highest BCUT2D eigenvalue weighted by atomic mass is 16.5. The van der Waals surface area contributed by atoms with E-state index < -0.39 is 0 Å². The molecule has 0 aliphatic carbocycles. The first kappa shape index (κ1) is 15.4. The van der Waals surface area contributed by atoms with Crippen LogP contribution in [0.15, 0.2) is 36.4 Å². The summed E-state index contributed by atoms with van der Waals surface area (Å²) >= 11 is 0. The van der Waals surface area contributed by atoms with E-state index in [0.29, 0.717) is 24.6 Å². The van der Waals surface area contributed by atoms with Crippen LogP contribution in [-0.4, -0.2) is 30.3 Å². The second-order valence-electron chi connectivity index (χ2n) is 5.44. The SMILES string of the molecule is COc1cc2nc(-c3cccc(C)c3)n(CCN)c2cc1OC. The predicted molar refractivity (Wildman–Crippen MR) is 92.1 cm³/mol. The maximum absolute atomic E-state index is 5.81. The fourth-order valence-corrected chi connectivity index (χ4v) is 2.81. The highest BCUT2D eigenvalue weighted by molar-refractivity contribution is 5.84. The molecule has 0 saturated heterocycles. The van der Waals surface area contributed by atoms with Crippen LogP contribution in [0.25, 0.3) is 22.4 Å². The summed E-state index contributed by atoms with van der Waals surface area (Å²) in [5.41, 5.74) is 9.94. The second kappa shape index (κ2) is 6.30. The number of aromatic nitrogens is 2. The summed E-state index contributed by atoms with van der Waals surface area (Å²) in [4.78, 5) is 4.80. The van der Waals surface area contributed by atoms with Gasteiger partial charge in [-0.05, 0) is 13.0 Å². The number of rotatable bonds is 5. The van der Waals surface area contributed by atoms with Gasteiger partial charge in [0.25, 0.3) is 0 Å². The molecular formula is C18H21N3O2. The highest BCUT2D eigenvalue weighted by Crippen LogP contribution is 2.34. The molecule has 3 rings (SSSR count). The van der Waals surface area contributed by atoms with Gasteiger partial charge in [0.05, 0.1) is 25.3 Å². The lowest BCUT2D eigenvalue weighted by atomic mass is 10.1. The van der Waals surface area contributed by atoms with E-state index in [0.717, 1.165) is 22.4 Å². The molecule has 0 unspecified atom stereocenters. The minimum absolute atomic E-state index is 0.540. The molecule has 0 spiro atoms. The standard InChI is InChI=1S/C18H21N3O2/c1-12-5-4-6-13(9-12)18-20-14-10-16(22-2)17(23-3)11-15(14)21(18)8-7-19/h4-6,9-11H,7-8,19H2,1-3H3. The number of benzene rings is 2. The van der Waals surface area contributed by atoms with Gasteiger partial charge in [-0.2, -0.15) is 0 Å². The van der Waals surface area contributed by atoms with Crippen molar-refractivity contribution < 1.29 is 9.47 Å². The molecule has 0 radical (unpaired) electrons. The molecule has 23 heavy (non-hydrogen) atoms. The summed E-state index contributed by atoms with van der Waals surface area (Å²) in [6.45, 7) is 3.30. The van der Waals surface area contributed by atoms with E-state index in [1.165, 1.54) is 5.56 Å². The fourth-order valence-electron chi connectivity index (χ4n) is 2.81. The van der Waals surface area contributed by atoms with Gasteiger partial charge in [-0.15, -0.1) is 0 Å². The van der Waals surface area contributed by atoms with Crippen LogP contribution in [-0.2, 0) is 6.54 Å². The summed E-state index contributed by atoms with van der Waals surface area (Å²) in [5, 5.41) is 0. The number of nitrogens with two attached hydrogens (primary N) is 1. The normalized spacial score (nSPS) is 11.0. The van der Waals surface area contributed by atoms with Gasteiger partial charge in [0.2, 0.25) is 0 Å². The summed E-state index contributed by atoms with van der Waals surface area (Å²) in [6.07, 6.45) is 0. The van der Waals surface area contributed by atoms with E-state index in [4.69, 9.17) is 20.2 Å². The van der Waals surface area contributed by atoms with Gasteiger partial charge in [-0.25, -0.2) is 4.98 Å². The molecule has 0 aliphatic rings. The molecular weight excluding hydrogens is 290 g/mol. The van der Waals surface area contributed by atoms with Gasteiger partial charge in [0.1, 0.15) is 5.82 Å². The largest absolute Gasteiger partial charge is 0.493 e. The van der Waals surface area contributed by atoms with Crippen molar-refractivity contribution in [2.75, 3.05) is 20.8 Å². The number of hydrogen-bond donors (Lipinski definition) is 1. The van der Waals surface area contributed by atoms with E-state index in [9.17, 15) is 0 Å². The van der Waals surface area contributed by atoms with Crippen LogP contribution >= 0.6 is 0 Å². The van der Waals surface area contributed by atoms with Gasteiger partial charge in [-0.1, -0.05) is 23.8 Å². The third kappa shape index (κ3) is 2.75. The first-order valence-corrected chi connectivity index (χ1v) is 7.57. The summed E-state index contributed by atoms with van der Waals surface area (Å²) in [5.74, 6) is 2.27. The minimum Gasteiger partial charge on any atom is -0.493 e. The summed E-state index contributed by atoms with van der Waals surface area (Å²) in [7, 11) is 3.26. The van der Waals surface area contributed by atoms with E-state index in [1.54, 1.807) is 14.2 Å². The van der Waals surface area contributed by atoms with Crippen LogP contribution in [0.1, 0.15) is 5.56 Å². The van der Waals surface area contributed by atoms with Crippen molar-refractivity contribution in [3.05, 3.63) is 42.0 Å². The molecule has 0 saturated carbocycles. The Balaban J connectivity index is 2.27. The van der Waals surface area contributed by atoms with Crippen LogP contribution < -0.4 is 15.2 Å². The van der Waals surface area contributed by atoms with Gasteiger partial charge in [-0.3, -0.25) is 0 Å². The topological polar surface area (TPSA) is 62.3 Å². The lowest BCUT2D eigenvalue weighted by Crippen LogP contribution is -2.11. The Kier molecular flexibility index (Phi) is 4.21.